The van der Waals surface area contributed by atoms with E-state index in [9.17, 15) is 0 Å². The van der Waals surface area contributed by atoms with Crippen LogP contribution in [0.1, 0.15) is 45.8 Å². The Labute approximate surface area is 138 Å². The third kappa shape index (κ3) is 8.34. The van der Waals surface area contributed by atoms with E-state index < -0.39 is 0 Å². The van der Waals surface area contributed by atoms with Crippen molar-refractivity contribution in [2.24, 2.45) is 4.99 Å². The van der Waals surface area contributed by atoms with E-state index in [2.05, 4.69) is 53.5 Å². The Hall–Kier alpha value is -0.860. The molecule has 2 N–H and O–H groups in total. The minimum atomic E-state index is 0. The number of aliphatic imine (C=N–C) groups is 1. The SMILES string of the molecule is CCNC(=NCCCc1nc(C)no1)NC(C)(C)C.I. The van der Waals surface area contributed by atoms with Crippen LogP contribution in [0.3, 0.4) is 0 Å². The van der Waals surface area contributed by atoms with Crippen LogP contribution in [0.5, 0.6) is 0 Å². The van der Waals surface area contributed by atoms with Crippen molar-refractivity contribution in [3.63, 3.8) is 0 Å². The average Bonchev–Trinajstić information content (AvgIpc) is 2.68. The summed E-state index contributed by atoms with van der Waals surface area (Å²) < 4.78 is 5.06. The third-order valence-electron chi connectivity index (χ3n) is 2.23. The molecule has 1 heterocycles. The van der Waals surface area contributed by atoms with Gasteiger partial charge in [-0.1, -0.05) is 5.16 Å². The molecule has 0 aromatic carbocycles. The molecule has 0 saturated heterocycles. The summed E-state index contributed by atoms with van der Waals surface area (Å²) in [6, 6.07) is 0. The zero-order valence-electron chi connectivity index (χ0n) is 13.0. The van der Waals surface area contributed by atoms with Gasteiger partial charge in [0.1, 0.15) is 0 Å². The highest BCUT2D eigenvalue weighted by Gasteiger charge is 2.11. The molecule has 1 rings (SSSR count). The second-order valence-electron chi connectivity index (χ2n) is 5.47. The molecule has 0 spiro atoms. The molecule has 0 saturated carbocycles. The smallest absolute Gasteiger partial charge is 0.226 e. The highest BCUT2D eigenvalue weighted by molar-refractivity contribution is 14.0. The minimum absolute atomic E-state index is 0. The first-order valence-corrected chi connectivity index (χ1v) is 6.76. The molecule has 7 heteroatoms. The Morgan fingerprint density at radius 2 is 2.05 bits per heavy atom. The number of aryl methyl sites for hydroxylation is 2. The Balaban J connectivity index is 0.00000361. The maximum Gasteiger partial charge on any atom is 0.226 e. The maximum absolute atomic E-state index is 5.06. The molecule has 1 aromatic rings. The van der Waals surface area contributed by atoms with Crippen LogP contribution in [0, 0.1) is 6.92 Å². The monoisotopic (exact) mass is 395 g/mol. The van der Waals surface area contributed by atoms with Gasteiger partial charge in [-0.2, -0.15) is 4.98 Å². The lowest BCUT2D eigenvalue weighted by Gasteiger charge is -2.23. The first-order valence-electron chi connectivity index (χ1n) is 6.76. The van der Waals surface area contributed by atoms with Crippen molar-refractivity contribution in [3.05, 3.63) is 11.7 Å². The standard InChI is InChI=1S/C13H25N5O.HI/c1-6-14-12(17-13(3,4)5)15-9-7-8-11-16-10(2)18-19-11;/h6-9H2,1-5H3,(H2,14,15,17);1H. The third-order valence-corrected chi connectivity index (χ3v) is 2.23. The molecular formula is C13H26IN5O. The molecule has 0 radical (unpaired) electrons. The van der Waals surface area contributed by atoms with Gasteiger partial charge in [0.2, 0.25) is 5.89 Å². The number of guanidine groups is 1. The summed E-state index contributed by atoms with van der Waals surface area (Å²) in [7, 11) is 0. The van der Waals surface area contributed by atoms with Crippen LogP contribution in [-0.4, -0.2) is 34.7 Å². The number of aromatic nitrogens is 2. The Bertz CT molecular complexity index is 411. The second-order valence-corrected chi connectivity index (χ2v) is 5.47. The normalized spacial score (nSPS) is 11.9. The second kappa shape index (κ2) is 9.15. The minimum Gasteiger partial charge on any atom is -0.357 e. The van der Waals surface area contributed by atoms with Gasteiger partial charge in [-0.05, 0) is 41.0 Å². The van der Waals surface area contributed by atoms with Gasteiger partial charge in [-0.25, -0.2) is 0 Å². The summed E-state index contributed by atoms with van der Waals surface area (Å²) in [5.74, 6) is 2.21. The molecule has 1 aromatic heterocycles. The van der Waals surface area contributed by atoms with Crippen molar-refractivity contribution in [1.82, 2.24) is 20.8 Å². The van der Waals surface area contributed by atoms with Crippen LogP contribution in [0.2, 0.25) is 0 Å². The van der Waals surface area contributed by atoms with Gasteiger partial charge in [0.05, 0.1) is 0 Å². The van der Waals surface area contributed by atoms with Crippen molar-refractivity contribution in [1.29, 1.82) is 0 Å². The van der Waals surface area contributed by atoms with Gasteiger partial charge in [-0.3, -0.25) is 4.99 Å². The fraction of sp³-hybridized carbons (Fsp3) is 0.769. The summed E-state index contributed by atoms with van der Waals surface area (Å²) >= 11 is 0. The van der Waals surface area contributed by atoms with Gasteiger partial charge in [0, 0.05) is 25.0 Å². The number of hydrogen-bond donors (Lipinski definition) is 2. The molecular weight excluding hydrogens is 369 g/mol. The Morgan fingerprint density at radius 1 is 1.35 bits per heavy atom. The van der Waals surface area contributed by atoms with Gasteiger partial charge < -0.3 is 15.2 Å². The quantitative estimate of drug-likeness (QED) is 0.346. The summed E-state index contributed by atoms with van der Waals surface area (Å²) in [6.07, 6.45) is 1.65. The molecule has 0 bridgehead atoms. The lowest BCUT2D eigenvalue weighted by Crippen LogP contribution is -2.47. The van der Waals surface area contributed by atoms with E-state index in [1.54, 1.807) is 0 Å². The van der Waals surface area contributed by atoms with E-state index in [0.717, 1.165) is 31.9 Å². The predicted octanol–water partition coefficient (Wildman–Crippen LogP) is 2.28. The highest BCUT2D eigenvalue weighted by Crippen LogP contribution is 2.01. The lowest BCUT2D eigenvalue weighted by atomic mass is 10.1. The van der Waals surface area contributed by atoms with Gasteiger partial charge >= 0.3 is 0 Å². The number of halogens is 1. The van der Waals surface area contributed by atoms with E-state index in [4.69, 9.17) is 4.52 Å². The van der Waals surface area contributed by atoms with E-state index in [0.29, 0.717) is 11.7 Å². The van der Waals surface area contributed by atoms with Crippen LogP contribution in [0.15, 0.2) is 9.52 Å². The lowest BCUT2D eigenvalue weighted by molar-refractivity contribution is 0.372. The molecule has 0 aliphatic heterocycles. The number of nitrogens with one attached hydrogen (secondary N) is 2. The topological polar surface area (TPSA) is 75.3 Å². The van der Waals surface area contributed by atoms with Crippen molar-refractivity contribution in [2.45, 2.75) is 53.0 Å². The first-order chi connectivity index (χ1) is 8.90. The van der Waals surface area contributed by atoms with Crippen molar-refractivity contribution < 1.29 is 4.52 Å². The zero-order chi connectivity index (χ0) is 14.3. The van der Waals surface area contributed by atoms with Crippen molar-refractivity contribution in [3.8, 4) is 0 Å². The van der Waals surface area contributed by atoms with E-state index in [-0.39, 0.29) is 29.5 Å². The summed E-state index contributed by atoms with van der Waals surface area (Å²) in [6.45, 7) is 11.8. The molecule has 0 aliphatic carbocycles. The number of hydrogen-bond acceptors (Lipinski definition) is 4. The van der Waals surface area contributed by atoms with Gasteiger partial charge in [0.25, 0.3) is 0 Å². The summed E-state index contributed by atoms with van der Waals surface area (Å²) in [5, 5.41) is 10.3. The Kier molecular flexibility index (Phi) is 8.75. The fourth-order valence-corrected chi connectivity index (χ4v) is 1.52. The average molecular weight is 395 g/mol. The molecule has 0 atom stereocenters. The fourth-order valence-electron chi connectivity index (χ4n) is 1.52. The van der Waals surface area contributed by atoms with E-state index in [1.165, 1.54) is 0 Å². The molecule has 116 valence electrons. The molecule has 0 unspecified atom stereocenters. The van der Waals surface area contributed by atoms with Gasteiger partial charge in [-0.15, -0.1) is 24.0 Å². The molecule has 0 aliphatic rings. The van der Waals surface area contributed by atoms with Crippen molar-refractivity contribution in [2.75, 3.05) is 13.1 Å². The van der Waals surface area contributed by atoms with Crippen LogP contribution >= 0.6 is 24.0 Å². The first kappa shape index (κ1) is 19.1. The maximum atomic E-state index is 5.06. The van der Waals surface area contributed by atoms with E-state index in [1.807, 2.05) is 6.92 Å². The summed E-state index contributed by atoms with van der Waals surface area (Å²) in [5.41, 5.74) is 0.00457. The van der Waals surface area contributed by atoms with Crippen LogP contribution in [0.4, 0.5) is 0 Å². The van der Waals surface area contributed by atoms with Gasteiger partial charge in [0.15, 0.2) is 11.8 Å². The van der Waals surface area contributed by atoms with E-state index >= 15 is 0 Å². The molecule has 0 amide bonds. The van der Waals surface area contributed by atoms with Crippen molar-refractivity contribution >= 4 is 29.9 Å². The van der Waals surface area contributed by atoms with Crippen LogP contribution in [0.25, 0.3) is 0 Å². The number of nitrogens with zero attached hydrogens (tertiary/aromatic N) is 3. The molecule has 20 heavy (non-hydrogen) atoms. The largest absolute Gasteiger partial charge is 0.357 e. The van der Waals surface area contributed by atoms with Crippen LogP contribution in [-0.2, 0) is 6.42 Å². The highest BCUT2D eigenvalue weighted by atomic mass is 127. The summed E-state index contributed by atoms with van der Waals surface area (Å²) in [4.78, 5) is 8.69. The molecule has 6 nitrogen and oxygen atoms in total. The van der Waals surface area contributed by atoms with Crippen LogP contribution < -0.4 is 10.6 Å². The predicted molar refractivity (Wildman–Crippen MR) is 91.6 cm³/mol. The molecule has 0 fully saturated rings. The zero-order valence-corrected chi connectivity index (χ0v) is 15.3. The number of rotatable bonds is 5. The Morgan fingerprint density at radius 3 is 2.55 bits per heavy atom.